The van der Waals surface area contributed by atoms with Crippen LogP contribution in [0.3, 0.4) is 0 Å². The van der Waals surface area contributed by atoms with Crippen LogP contribution in [0.4, 0.5) is 4.39 Å². The number of aliphatic carboxylic acids is 1. The summed E-state index contributed by atoms with van der Waals surface area (Å²) in [5.74, 6) is -1.94. The molecule has 6 heteroatoms. The van der Waals surface area contributed by atoms with Crippen LogP contribution in [0.5, 0.6) is 0 Å². The van der Waals surface area contributed by atoms with E-state index in [-0.39, 0.29) is 16.6 Å². The Morgan fingerprint density at radius 1 is 1.53 bits per heavy atom. The Morgan fingerprint density at radius 2 is 2.27 bits per heavy atom. The molecule has 1 aromatic heterocycles. The fourth-order valence-electron chi connectivity index (χ4n) is 1.37. The maximum Gasteiger partial charge on any atom is 0.337 e. The largest absolute Gasteiger partial charge is 0.479 e. The van der Waals surface area contributed by atoms with Crippen molar-refractivity contribution in [2.24, 2.45) is 0 Å². The molecule has 0 aliphatic heterocycles. The second kappa shape index (κ2) is 3.32. The van der Waals surface area contributed by atoms with Crippen LogP contribution in [0.15, 0.2) is 18.5 Å². The molecule has 1 atom stereocenters. The number of carboxylic acid groups (broad SMARTS) is 1. The van der Waals surface area contributed by atoms with Crippen LogP contribution in [-0.2, 0) is 4.79 Å². The van der Waals surface area contributed by atoms with E-state index < -0.39 is 17.9 Å². The highest BCUT2D eigenvalue weighted by Gasteiger charge is 2.20. The number of rotatable bonds is 2. The van der Waals surface area contributed by atoms with Gasteiger partial charge in [-0.3, -0.25) is 0 Å². The fourth-order valence-corrected chi connectivity index (χ4v) is 1.37. The van der Waals surface area contributed by atoms with Crippen molar-refractivity contribution in [2.45, 2.75) is 6.10 Å². The molecule has 15 heavy (non-hydrogen) atoms. The monoisotopic (exact) mass is 210 g/mol. The summed E-state index contributed by atoms with van der Waals surface area (Å²) in [6, 6.07) is 2.29. The number of aromatic nitrogens is 2. The lowest BCUT2D eigenvalue weighted by Gasteiger charge is -2.06. The van der Waals surface area contributed by atoms with Crippen molar-refractivity contribution < 1.29 is 19.4 Å². The van der Waals surface area contributed by atoms with Crippen LogP contribution in [0.2, 0.25) is 0 Å². The molecular weight excluding hydrogens is 203 g/mol. The van der Waals surface area contributed by atoms with Gasteiger partial charge in [-0.15, -0.1) is 0 Å². The predicted octanol–water partition coefficient (Wildman–Crippen LogP) is 0.820. The standard InChI is InChI=1S/C9H7FN2O3/c10-5-2-1-4(8(13)9(14)15)6-7(5)12-3-11-6/h1-3,8,13H,(H,11,12)(H,14,15). The summed E-state index contributed by atoms with van der Waals surface area (Å²) in [6.07, 6.45) is -0.456. The van der Waals surface area contributed by atoms with Gasteiger partial charge in [0.2, 0.25) is 0 Å². The summed E-state index contributed by atoms with van der Waals surface area (Å²) in [6.45, 7) is 0. The van der Waals surface area contributed by atoms with E-state index in [4.69, 9.17) is 5.11 Å². The van der Waals surface area contributed by atoms with E-state index in [0.717, 1.165) is 6.07 Å². The van der Waals surface area contributed by atoms with Gasteiger partial charge < -0.3 is 15.2 Å². The smallest absolute Gasteiger partial charge is 0.337 e. The Balaban J connectivity index is 2.67. The van der Waals surface area contributed by atoms with Gasteiger partial charge in [0.15, 0.2) is 6.10 Å². The minimum atomic E-state index is -1.70. The third-order valence-electron chi connectivity index (χ3n) is 2.09. The summed E-state index contributed by atoms with van der Waals surface area (Å²) in [4.78, 5) is 16.9. The molecule has 2 aromatic rings. The van der Waals surface area contributed by atoms with Crippen molar-refractivity contribution in [1.82, 2.24) is 9.97 Å². The highest BCUT2D eigenvalue weighted by atomic mass is 19.1. The summed E-state index contributed by atoms with van der Waals surface area (Å²) < 4.78 is 13.2. The first-order valence-corrected chi connectivity index (χ1v) is 4.13. The lowest BCUT2D eigenvalue weighted by Crippen LogP contribution is -2.11. The molecule has 0 aliphatic rings. The molecule has 1 aromatic carbocycles. The van der Waals surface area contributed by atoms with Gasteiger partial charge in [-0.1, -0.05) is 6.07 Å². The number of halogens is 1. The minimum Gasteiger partial charge on any atom is -0.479 e. The van der Waals surface area contributed by atoms with Crippen LogP contribution in [0.25, 0.3) is 11.0 Å². The van der Waals surface area contributed by atoms with E-state index in [9.17, 15) is 14.3 Å². The maximum absolute atomic E-state index is 13.2. The molecule has 78 valence electrons. The second-order valence-corrected chi connectivity index (χ2v) is 3.00. The molecule has 1 unspecified atom stereocenters. The second-order valence-electron chi connectivity index (χ2n) is 3.00. The number of aliphatic hydroxyl groups is 1. The fraction of sp³-hybridized carbons (Fsp3) is 0.111. The van der Waals surface area contributed by atoms with Gasteiger partial charge in [-0.25, -0.2) is 14.2 Å². The SMILES string of the molecule is O=C(O)C(O)c1ccc(F)c2[nH]cnc12. The first kappa shape index (κ1) is 9.60. The number of carbonyl (C=O) groups is 1. The molecule has 1 heterocycles. The van der Waals surface area contributed by atoms with Crippen LogP contribution >= 0.6 is 0 Å². The average Bonchev–Trinajstić information content (AvgIpc) is 2.66. The summed E-state index contributed by atoms with van der Waals surface area (Å²) in [7, 11) is 0. The first-order chi connectivity index (χ1) is 7.11. The average molecular weight is 210 g/mol. The molecule has 0 bridgehead atoms. The normalized spacial score (nSPS) is 12.9. The Kier molecular flexibility index (Phi) is 2.12. The Morgan fingerprint density at radius 3 is 2.93 bits per heavy atom. The molecular formula is C9H7FN2O3. The maximum atomic E-state index is 13.2. The Labute approximate surface area is 83.2 Å². The van der Waals surface area contributed by atoms with Gasteiger partial charge in [0.05, 0.1) is 11.8 Å². The lowest BCUT2D eigenvalue weighted by molar-refractivity contribution is -0.146. The number of hydrogen-bond acceptors (Lipinski definition) is 3. The van der Waals surface area contributed by atoms with Crippen molar-refractivity contribution in [3.63, 3.8) is 0 Å². The quantitative estimate of drug-likeness (QED) is 0.684. The number of nitrogens with one attached hydrogen (secondary N) is 1. The number of imidazole rings is 1. The van der Waals surface area contributed by atoms with E-state index in [2.05, 4.69) is 9.97 Å². The van der Waals surface area contributed by atoms with Gasteiger partial charge in [0.1, 0.15) is 11.3 Å². The molecule has 3 N–H and O–H groups in total. The number of fused-ring (bicyclic) bond motifs is 1. The van der Waals surface area contributed by atoms with E-state index in [1.807, 2.05) is 0 Å². The summed E-state index contributed by atoms with van der Waals surface area (Å²) >= 11 is 0. The molecule has 0 amide bonds. The number of benzene rings is 1. The Bertz CT molecular complexity index is 523. The van der Waals surface area contributed by atoms with Crippen LogP contribution in [-0.4, -0.2) is 26.2 Å². The van der Waals surface area contributed by atoms with Gasteiger partial charge >= 0.3 is 5.97 Å². The van der Waals surface area contributed by atoms with Gasteiger partial charge in [0, 0.05) is 5.56 Å². The van der Waals surface area contributed by atoms with E-state index >= 15 is 0 Å². The number of aliphatic hydroxyl groups excluding tert-OH is 1. The highest BCUT2D eigenvalue weighted by molar-refractivity contribution is 5.85. The topological polar surface area (TPSA) is 86.2 Å². The van der Waals surface area contributed by atoms with Crippen molar-refractivity contribution in [2.75, 3.05) is 0 Å². The number of aromatic amines is 1. The molecule has 0 saturated carbocycles. The molecule has 0 spiro atoms. The third kappa shape index (κ3) is 1.44. The van der Waals surface area contributed by atoms with Crippen LogP contribution in [0.1, 0.15) is 11.7 Å². The van der Waals surface area contributed by atoms with Gasteiger partial charge in [-0.2, -0.15) is 0 Å². The van der Waals surface area contributed by atoms with Crippen LogP contribution < -0.4 is 0 Å². The van der Waals surface area contributed by atoms with E-state index in [1.54, 1.807) is 0 Å². The lowest BCUT2D eigenvalue weighted by atomic mass is 10.1. The number of hydrogen-bond donors (Lipinski definition) is 3. The molecule has 0 saturated heterocycles. The predicted molar refractivity (Wildman–Crippen MR) is 48.6 cm³/mol. The zero-order valence-corrected chi connectivity index (χ0v) is 7.44. The van der Waals surface area contributed by atoms with Crippen molar-refractivity contribution >= 4 is 17.0 Å². The van der Waals surface area contributed by atoms with E-state index in [1.165, 1.54) is 12.4 Å². The molecule has 0 radical (unpaired) electrons. The first-order valence-electron chi connectivity index (χ1n) is 4.13. The van der Waals surface area contributed by atoms with E-state index in [0.29, 0.717) is 0 Å². The number of nitrogens with zero attached hydrogens (tertiary/aromatic N) is 1. The van der Waals surface area contributed by atoms with Crippen molar-refractivity contribution in [3.8, 4) is 0 Å². The van der Waals surface area contributed by atoms with Gasteiger partial charge in [-0.05, 0) is 6.07 Å². The van der Waals surface area contributed by atoms with Crippen molar-refractivity contribution in [3.05, 3.63) is 29.8 Å². The molecule has 0 aliphatic carbocycles. The molecule has 5 nitrogen and oxygen atoms in total. The molecule has 0 fully saturated rings. The van der Waals surface area contributed by atoms with Crippen molar-refractivity contribution in [1.29, 1.82) is 0 Å². The minimum absolute atomic E-state index is 0.0696. The zero-order chi connectivity index (χ0) is 11.0. The molecule has 2 rings (SSSR count). The third-order valence-corrected chi connectivity index (χ3v) is 2.09. The van der Waals surface area contributed by atoms with Crippen LogP contribution in [0, 0.1) is 5.82 Å². The zero-order valence-electron chi connectivity index (χ0n) is 7.44. The number of carboxylic acids is 1. The summed E-state index contributed by atoms with van der Waals surface area (Å²) in [5.41, 5.74) is 0.290. The Hall–Kier alpha value is -1.95. The summed E-state index contributed by atoms with van der Waals surface area (Å²) in [5, 5.41) is 17.9. The number of H-pyrrole nitrogens is 1. The van der Waals surface area contributed by atoms with Gasteiger partial charge in [0.25, 0.3) is 0 Å². The highest BCUT2D eigenvalue weighted by Crippen LogP contribution is 2.23.